The number of hydrogen-bond donors (Lipinski definition) is 3. The number of esters is 1. The van der Waals surface area contributed by atoms with Gasteiger partial charge in [-0.15, -0.1) is 0 Å². The van der Waals surface area contributed by atoms with E-state index < -0.39 is 41.8 Å². The zero-order valence-corrected chi connectivity index (χ0v) is 16.7. The molecular weight excluding hydrogens is 339 g/mol. The molecule has 150 valence electrons. The normalized spacial score (nSPS) is 23.3. The van der Waals surface area contributed by atoms with Gasteiger partial charge in [-0.2, -0.15) is 0 Å². The first-order valence-electron chi connectivity index (χ1n) is 8.99. The molecule has 0 aromatic rings. The van der Waals surface area contributed by atoms with E-state index in [0.29, 0.717) is 12.8 Å². The summed E-state index contributed by atoms with van der Waals surface area (Å²) in [6.45, 7) is 11.0. The summed E-state index contributed by atoms with van der Waals surface area (Å²) in [5, 5.41) is 18.1. The van der Waals surface area contributed by atoms with Crippen LogP contribution < -0.4 is 5.73 Å². The molecule has 1 aliphatic heterocycles. The van der Waals surface area contributed by atoms with Gasteiger partial charge in [0.25, 0.3) is 0 Å². The molecule has 8 nitrogen and oxygen atoms in total. The predicted octanol–water partition coefficient (Wildman–Crippen LogP) is 1.15. The summed E-state index contributed by atoms with van der Waals surface area (Å²) < 4.78 is 10.9. The smallest absolute Gasteiger partial charge is 0.451 e. The molecule has 26 heavy (non-hydrogen) atoms. The Kier molecular flexibility index (Phi) is 7.12. The minimum atomic E-state index is -1.41. The van der Waals surface area contributed by atoms with Crippen LogP contribution in [0.1, 0.15) is 54.4 Å². The highest BCUT2D eigenvalue weighted by molar-refractivity contribution is 6.40. The van der Waals surface area contributed by atoms with E-state index in [1.165, 1.54) is 4.90 Å². The fourth-order valence-corrected chi connectivity index (χ4v) is 3.09. The number of nitrogens with zero attached hydrogens (tertiary/aromatic N) is 1. The van der Waals surface area contributed by atoms with Crippen LogP contribution in [0.5, 0.6) is 0 Å². The molecule has 1 rings (SSSR count). The minimum absolute atomic E-state index is 0.176. The van der Waals surface area contributed by atoms with Crippen molar-refractivity contribution in [2.24, 2.45) is 11.1 Å². The van der Waals surface area contributed by atoms with Crippen molar-refractivity contribution in [3.05, 3.63) is 0 Å². The van der Waals surface area contributed by atoms with E-state index in [1.54, 1.807) is 41.5 Å². The molecule has 0 saturated carbocycles. The summed E-state index contributed by atoms with van der Waals surface area (Å²) in [6.07, 6.45) is 0.537. The number of hydrogen-bond acceptors (Lipinski definition) is 7. The van der Waals surface area contributed by atoms with Gasteiger partial charge < -0.3 is 25.3 Å². The van der Waals surface area contributed by atoms with Gasteiger partial charge >= 0.3 is 19.2 Å². The fourth-order valence-electron chi connectivity index (χ4n) is 3.09. The van der Waals surface area contributed by atoms with Crippen molar-refractivity contribution in [2.45, 2.75) is 77.9 Å². The highest BCUT2D eigenvalue weighted by atomic mass is 16.6. The van der Waals surface area contributed by atoms with Gasteiger partial charge in [-0.3, -0.25) is 4.90 Å². The van der Waals surface area contributed by atoms with Gasteiger partial charge in [-0.05, 0) is 54.3 Å². The van der Waals surface area contributed by atoms with Crippen LogP contribution >= 0.6 is 0 Å². The second kappa shape index (κ2) is 8.14. The Morgan fingerprint density at radius 3 is 2.12 bits per heavy atom. The maximum atomic E-state index is 12.8. The molecule has 9 heteroatoms. The quantitative estimate of drug-likeness (QED) is 0.472. The van der Waals surface area contributed by atoms with Crippen molar-refractivity contribution in [2.75, 3.05) is 13.1 Å². The van der Waals surface area contributed by atoms with Gasteiger partial charge in [0.15, 0.2) is 0 Å². The lowest BCUT2D eigenvalue weighted by Gasteiger charge is -2.55. The Hall–Kier alpha value is -1.32. The maximum Gasteiger partial charge on any atom is 0.451 e. The van der Waals surface area contributed by atoms with Crippen molar-refractivity contribution in [1.29, 1.82) is 0 Å². The Bertz CT molecular complexity index is 514. The first-order chi connectivity index (χ1) is 11.7. The van der Waals surface area contributed by atoms with Crippen LogP contribution in [-0.4, -0.2) is 64.5 Å². The molecule has 0 radical (unpaired) electrons. The van der Waals surface area contributed by atoms with E-state index in [-0.39, 0.29) is 19.4 Å². The largest absolute Gasteiger partial charge is 0.458 e. The molecular formula is C17H33BN2O6. The molecule has 0 aliphatic carbocycles. The third-order valence-corrected chi connectivity index (χ3v) is 4.18. The van der Waals surface area contributed by atoms with E-state index >= 15 is 0 Å². The summed E-state index contributed by atoms with van der Waals surface area (Å²) in [7, 11) is -1.41. The first kappa shape index (κ1) is 22.7. The third kappa shape index (κ3) is 6.14. The average molecular weight is 372 g/mol. The van der Waals surface area contributed by atoms with Crippen LogP contribution in [0, 0.1) is 5.41 Å². The molecule has 1 heterocycles. The molecule has 0 aromatic carbocycles. The minimum Gasteiger partial charge on any atom is -0.458 e. The number of rotatable bonds is 6. The van der Waals surface area contributed by atoms with Crippen molar-refractivity contribution >= 4 is 19.2 Å². The van der Waals surface area contributed by atoms with Gasteiger partial charge in [0.2, 0.25) is 0 Å². The summed E-state index contributed by atoms with van der Waals surface area (Å²) >= 11 is 0. The summed E-state index contributed by atoms with van der Waals surface area (Å²) in [6, 6.07) is -0.850. The fraction of sp³-hybridized carbons (Fsp3) is 0.882. The standard InChI is InChI=1S/C17H33BN2O6/c1-15(2,3)25-13(21)12-17(10-19,8-7-9-18(23)24)11-20(12)14(22)26-16(4,5)6/h12,23-24H,7-11,19H2,1-6H3/t12-,17+/m1/s1. The lowest BCUT2D eigenvalue weighted by Crippen LogP contribution is -2.72. The highest BCUT2D eigenvalue weighted by Crippen LogP contribution is 2.43. The number of ether oxygens (including phenoxy) is 2. The van der Waals surface area contributed by atoms with Gasteiger partial charge in [0.05, 0.1) is 0 Å². The topological polar surface area (TPSA) is 122 Å². The van der Waals surface area contributed by atoms with Crippen molar-refractivity contribution in [1.82, 2.24) is 4.90 Å². The summed E-state index contributed by atoms with van der Waals surface area (Å²) in [5.74, 6) is -0.524. The zero-order chi connectivity index (χ0) is 20.3. The second-order valence-electron chi connectivity index (χ2n) is 8.98. The maximum absolute atomic E-state index is 12.8. The van der Waals surface area contributed by atoms with E-state index in [1.807, 2.05) is 0 Å². The second-order valence-corrected chi connectivity index (χ2v) is 8.98. The van der Waals surface area contributed by atoms with Crippen LogP contribution in [0.15, 0.2) is 0 Å². The van der Waals surface area contributed by atoms with E-state index in [2.05, 4.69) is 0 Å². The SMILES string of the molecule is CC(C)(C)OC(=O)[C@H]1N(C(=O)OC(C)(C)C)C[C@@]1(CN)CCCB(O)O. The monoisotopic (exact) mass is 372 g/mol. The molecule has 0 bridgehead atoms. The molecule has 1 fully saturated rings. The zero-order valence-electron chi connectivity index (χ0n) is 16.7. The Balaban J connectivity index is 2.99. The molecule has 2 atom stereocenters. The van der Waals surface area contributed by atoms with Crippen molar-refractivity contribution < 1.29 is 29.1 Å². The van der Waals surface area contributed by atoms with Crippen molar-refractivity contribution in [3.63, 3.8) is 0 Å². The Labute approximate surface area is 156 Å². The molecule has 4 N–H and O–H groups in total. The van der Waals surface area contributed by atoms with Crippen LogP contribution in [0.25, 0.3) is 0 Å². The molecule has 1 saturated heterocycles. The van der Waals surface area contributed by atoms with Crippen LogP contribution in [0.2, 0.25) is 6.32 Å². The summed E-state index contributed by atoms with van der Waals surface area (Å²) in [5.41, 5.74) is 3.91. The van der Waals surface area contributed by atoms with Crippen LogP contribution in [-0.2, 0) is 14.3 Å². The lowest BCUT2D eigenvalue weighted by molar-refractivity contribution is -0.180. The highest BCUT2D eigenvalue weighted by Gasteiger charge is 2.59. The number of carbonyl (C=O) groups excluding carboxylic acids is 2. The van der Waals surface area contributed by atoms with Crippen molar-refractivity contribution in [3.8, 4) is 0 Å². The number of nitrogens with two attached hydrogens (primary N) is 1. The van der Waals surface area contributed by atoms with Crippen LogP contribution in [0.4, 0.5) is 4.79 Å². The molecule has 0 aromatic heterocycles. The van der Waals surface area contributed by atoms with E-state index in [9.17, 15) is 9.59 Å². The van der Waals surface area contributed by atoms with Gasteiger partial charge in [0, 0.05) is 18.5 Å². The summed E-state index contributed by atoms with van der Waals surface area (Å²) in [4.78, 5) is 26.6. The van der Waals surface area contributed by atoms with Gasteiger partial charge in [-0.25, -0.2) is 9.59 Å². The Morgan fingerprint density at radius 1 is 1.15 bits per heavy atom. The Morgan fingerprint density at radius 2 is 1.69 bits per heavy atom. The number of carbonyl (C=O) groups is 2. The average Bonchev–Trinajstić information content (AvgIpc) is 2.37. The molecule has 0 unspecified atom stereocenters. The van der Waals surface area contributed by atoms with E-state index in [0.717, 1.165) is 0 Å². The van der Waals surface area contributed by atoms with Gasteiger partial charge in [0.1, 0.15) is 17.2 Å². The molecule has 1 amide bonds. The third-order valence-electron chi connectivity index (χ3n) is 4.18. The number of amides is 1. The van der Waals surface area contributed by atoms with Gasteiger partial charge in [-0.1, -0.05) is 6.42 Å². The first-order valence-corrected chi connectivity index (χ1v) is 8.99. The van der Waals surface area contributed by atoms with Crippen LogP contribution in [0.3, 0.4) is 0 Å². The van der Waals surface area contributed by atoms with E-state index in [4.69, 9.17) is 25.3 Å². The predicted molar refractivity (Wildman–Crippen MR) is 98.3 cm³/mol. The molecule has 1 aliphatic rings. The lowest BCUT2D eigenvalue weighted by atomic mass is 9.66. The molecule has 0 spiro atoms. The number of likely N-dealkylation sites (tertiary alicyclic amines) is 1.